The van der Waals surface area contributed by atoms with Crippen LogP contribution in [0.1, 0.15) is 26.7 Å². The van der Waals surface area contributed by atoms with Crippen LogP contribution >= 0.6 is 0 Å². The first-order valence-electron chi connectivity index (χ1n) is 16.1. The molecule has 47 heavy (non-hydrogen) atoms. The maximum absolute atomic E-state index is 8.84. The molecule has 3 nitrogen and oxygen atoms in total. The molecule has 7 rings (SSSR count). The number of fused-ring (bicyclic) bond motifs is 1. The number of hydrogen-bond donors (Lipinski definition) is 0. The van der Waals surface area contributed by atoms with Gasteiger partial charge in [-0.05, 0) is 11.8 Å². The molecule has 237 valence electrons. The van der Waals surface area contributed by atoms with Crippen molar-refractivity contribution in [1.29, 1.82) is 0 Å². The van der Waals surface area contributed by atoms with Crippen LogP contribution in [0.5, 0.6) is 0 Å². The Kier molecular flexibility index (Phi) is 10.6. The summed E-state index contributed by atoms with van der Waals surface area (Å²) >= 11 is -2.21. The van der Waals surface area contributed by atoms with Gasteiger partial charge in [0.2, 0.25) is 0 Å². The molecule has 3 aromatic heterocycles. The van der Waals surface area contributed by atoms with Crippen LogP contribution < -0.4 is 4.40 Å². The number of nitrogens with zero attached hydrogens (tertiary/aromatic N) is 2. The fraction of sp³-hybridized carbons (Fsp3) is 0.143. The SMILES string of the molecule is [2H]C(C)(C)c1cc(-c2[c-]c3cc(-c4ccccc4)oc3c(-c3ccccc3)c2)nc[c]1[Ge]([CH3])([CH3])[CH3].[Ir].[c-]1ccccc1-c1ccccn1. The summed E-state index contributed by atoms with van der Waals surface area (Å²) in [4.78, 5) is 9.12. The largest absolute Gasteiger partial charge is 0.305 e. The van der Waals surface area contributed by atoms with E-state index in [4.69, 9.17) is 10.8 Å². The van der Waals surface area contributed by atoms with Crippen LogP contribution in [0.15, 0.2) is 138 Å². The average molecular weight is 853 g/mol. The van der Waals surface area contributed by atoms with Crippen molar-refractivity contribution in [2.24, 2.45) is 0 Å². The Morgan fingerprint density at radius 1 is 0.723 bits per heavy atom. The van der Waals surface area contributed by atoms with Crippen molar-refractivity contribution in [2.75, 3.05) is 0 Å². The number of benzene rings is 4. The van der Waals surface area contributed by atoms with E-state index in [1.54, 1.807) is 6.20 Å². The first kappa shape index (κ1) is 32.8. The minimum absolute atomic E-state index is 0. The molecule has 0 aliphatic heterocycles. The molecule has 0 N–H and O–H groups in total. The summed E-state index contributed by atoms with van der Waals surface area (Å²) in [5.41, 5.74) is 8.80. The van der Waals surface area contributed by atoms with Gasteiger partial charge in [-0.25, -0.2) is 0 Å². The second kappa shape index (κ2) is 15.2. The molecule has 0 bridgehead atoms. The summed E-state index contributed by atoms with van der Waals surface area (Å²) in [6.07, 6.45) is 3.81. The van der Waals surface area contributed by atoms with E-state index in [2.05, 4.69) is 76.8 Å². The van der Waals surface area contributed by atoms with Gasteiger partial charge in [-0.15, -0.1) is 35.9 Å². The van der Waals surface area contributed by atoms with E-state index < -0.39 is 19.2 Å². The summed E-state index contributed by atoms with van der Waals surface area (Å²) in [6, 6.07) is 47.2. The zero-order valence-corrected chi connectivity index (χ0v) is 31.8. The van der Waals surface area contributed by atoms with Crippen LogP contribution in [-0.2, 0) is 20.1 Å². The first-order chi connectivity index (χ1) is 22.6. The topological polar surface area (TPSA) is 38.9 Å². The fourth-order valence-electron chi connectivity index (χ4n) is 5.48. The third-order valence-corrected chi connectivity index (χ3v) is 12.1. The van der Waals surface area contributed by atoms with E-state index in [0.29, 0.717) is 0 Å². The standard InChI is InChI=1S/C31H30GeNO.C11H8N.Ir/c1-21(2)26-19-29(33-20-28(26)32(3,4)5)24-16-25-18-30(23-14-10-7-11-15-23)34-31(25)27(17-24)22-12-8-6-9-13-22;1-2-6-10(7-3-1)11-8-4-5-9-12-11;/h6-15,17-21H,1-5H3;1-6,8-9H;/q2*-1;/i21D;;. The molecule has 7 aromatic rings. The van der Waals surface area contributed by atoms with Crippen molar-refractivity contribution in [3.63, 3.8) is 0 Å². The number of rotatable bonds is 6. The zero-order chi connectivity index (χ0) is 33.0. The summed E-state index contributed by atoms with van der Waals surface area (Å²) in [5, 5.41) is 0.922. The van der Waals surface area contributed by atoms with Gasteiger partial charge in [-0.2, -0.15) is 0 Å². The van der Waals surface area contributed by atoms with Crippen LogP contribution in [0.3, 0.4) is 0 Å². The van der Waals surface area contributed by atoms with E-state index in [-0.39, 0.29) is 20.1 Å². The van der Waals surface area contributed by atoms with Gasteiger partial charge in [-0.1, -0.05) is 18.2 Å². The summed E-state index contributed by atoms with van der Waals surface area (Å²) in [7, 11) is 0. The molecule has 0 amide bonds. The van der Waals surface area contributed by atoms with Crippen LogP contribution in [-0.4, -0.2) is 23.2 Å². The van der Waals surface area contributed by atoms with Gasteiger partial charge >= 0.3 is 201 Å². The van der Waals surface area contributed by atoms with Crippen LogP contribution in [0, 0.1) is 12.1 Å². The van der Waals surface area contributed by atoms with Gasteiger partial charge in [0.05, 0.1) is 0 Å². The van der Waals surface area contributed by atoms with E-state index in [9.17, 15) is 0 Å². The van der Waals surface area contributed by atoms with Gasteiger partial charge < -0.3 is 4.98 Å². The van der Waals surface area contributed by atoms with Gasteiger partial charge in [0.15, 0.2) is 0 Å². The van der Waals surface area contributed by atoms with Crippen molar-refractivity contribution in [2.45, 2.75) is 37.0 Å². The minimum Gasteiger partial charge on any atom is -0.305 e. The quantitative estimate of drug-likeness (QED) is 0.124. The van der Waals surface area contributed by atoms with Crippen molar-refractivity contribution in [1.82, 2.24) is 9.97 Å². The molecular formula is C42H38GeIrN2O-2. The van der Waals surface area contributed by atoms with Crippen LogP contribution in [0.2, 0.25) is 17.3 Å². The maximum atomic E-state index is 8.84. The molecule has 0 aliphatic carbocycles. The maximum Gasteiger partial charge on any atom is 0.0160 e. The predicted molar refractivity (Wildman–Crippen MR) is 195 cm³/mol. The van der Waals surface area contributed by atoms with Crippen molar-refractivity contribution in [3.8, 4) is 45.0 Å². The number of pyridine rings is 2. The second-order valence-corrected chi connectivity index (χ2v) is 23.1. The minimum atomic E-state index is -2.21. The van der Waals surface area contributed by atoms with Gasteiger partial charge in [0.25, 0.3) is 0 Å². The Bertz CT molecular complexity index is 2050. The monoisotopic (exact) mass is 854 g/mol. The van der Waals surface area contributed by atoms with E-state index >= 15 is 0 Å². The number of aromatic nitrogens is 2. The molecule has 3 heterocycles. The molecule has 0 unspecified atom stereocenters. The number of hydrogen-bond acceptors (Lipinski definition) is 3. The van der Waals surface area contributed by atoms with E-state index in [1.165, 1.54) is 4.40 Å². The Balaban J connectivity index is 0.000000291. The summed E-state index contributed by atoms with van der Waals surface area (Å²) in [5.74, 6) is 7.19. The van der Waals surface area contributed by atoms with Crippen LogP contribution in [0.25, 0.3) is 55.9 Å². The molecule has 0 atom stereocenters. The summed E-state index contributed by atoms with van der Waals surface area (Å²) in [6.45, 7) is 3.93. The molecule has 1 radical (unpaired) electrons. The Morgan fingerprint density at radius 2 is 1.40 bits per heavy atom. The molecule has 0 fully saturated rings. The third kappa shape index (κ3) is 8.08. The summed E-state index contributed by atoms with van der Waals surface area (Å²) < 4.78 is 16.5. The van der Waals surface area contributed by atoms with Crippen molar-refractivity contribution in [3.05, 3.63) is 151 Å². The van der Waals surface area contributed by atoms with Gasteiger partial charge in [-0.3, -0.25) is 0 Å². The Hall–Kier alpha value is -4.09. The second-order valence-electron chi connectivity index (χ2n) is 12.5. The molecule has 5 heteroatoms. The normalized spacial score (nSPS) is 11.6. The van der Waals surface area contributed by atoms with Crippen molar-refractivity contribution >= 4 is 28.6 Å². The molecule has 0 saturated carbocycles. The van der Waals surface area contributed by atoms with Gasteiger partial charge in [0, 0.05) is 26.3 Å². The Morgan fingerprint density at radius 3 is 2.02 bits per heavy atom. The molecule has 4 aromatic carbocycles. The van der Waals surface area contributed by atoms with Gasteiger partial charge in [0.1, 0.15) is 0 Å². The molecule has 0 saturated heterocycles. The average Bonchev–Trinajstić information content (AvgIpc) is 3.53. The fourth-order valence-corrected chi connectivity index (χ4v) is 8.80. The molecule has 0 spiro atoms. The van der Waals surface area contributed by atoms with Crippen LogP contribution in [0.4, 0.5) is 0 Å². The predicted octanol–water partition coefficient (Wildman–Crippen LogP) is 10.8. The molecule has 0 aliphatic rings. The Labute approximate surface area is 296 Å². The van der Waals surface area contributed by atoms with Crippen molar-refractivity contribution < 1.29 is 25.9 Å². The number of furan rings is 1. The smallest absolute Gasteiger partial charge is 0.0160 e. The van der Waals surface area contributed by atoms with E-state index in [0.717, 1.165) is 61.5 Å². The third-order valence-electron chi connectivity index (χ3n) is 7.85. The molecular weight excluding hydrogens is 813 g/mol. The van der Waals surface area contributed by atoms with E-state index in [1.807, 2.05) is 98.9 Å². The zero-order valence-electron chi connectivity index (χ0n) is 28.3. The first-order valence-corrected chi connectivity index (χ1v) is 22.9.